The average molecular weight is 317 g/mol. The van der Waals surface area contributed by atoms with Crippen LogP contribution in [-0.4, -0.2) is 41.3 Å². The fourth-order valence-electron chi connectivity index (χ4n) is 3.45. The lowest BCUT2D eigenvalue weighted by Crippen LogP contribution is -2.40. The van der Waals surface area contributed by atoms with Crippen molar-refractivity contribution in [2.75, 3.05) is 26.8 Å². The summed E-state index contributed by atoms with van der Waals surface area (Å²) in [7, 11) is 2.11. The molecule has 0 spiro atoms. The van der Waals surface area contributed by atoms with Gasteiger partial charge in [-0.2, -0.15) is 0 Å². The number of ether oxygens (including phenoxy) is 1. The van der Waals surface area contributed by atoms with Crippen molar-refractivity contribution in [1.29, 1.82) is 0 Å². The third kappa shape index (κ3) is 3.46. The summed E-state index contributed by atoms with van der Waals surface area (Å²) in [6, 6.07) is 6.87. The van der Waals surface area contributed by atoms with Crippen LogP contribution < -0.4 is 0 Å². The predicted molar refractivity (Wildman–Crippen MR) is 87.7 cm³/mol. The Hall–Kier alpha value is -1.72. The fraction of sp³-hybridized carbons (Fsp3) is 0.500. The van der Waals surface area contributed by atoms with Crippen LogP contribution in [-0.2, 0) is 23.2 Å². The molecule has 1 aromatic heterocycles. The zero-order valence-electron chi connectivity index (χ0n) is 13.8. The molecule has 1 fully saturated rings. The Morgan fingerprint density at radius 2 is 2.13 bits per heavy atom. The summed E-state index contributed by atoms with van der Waals surface area (Å²) in [5.74, 6) is 0.879. The minimum absolute atomic E-state index is 0.0634. The summed E-state index contributed by atoms with van der Waals surface area (Å²) in [4.78, 5) is 6.73. The highest BCUT2D eigenvalue weighted by Gasteiger charge is 2.37. The van der Waals surface area contributed by atoms with Gasteiger partial charge in [-0.15, -0.1) is 0 Å². The lowest BCUT2D eigenvalue weighted by atomic mass is 9.79. The molecular formula is C18H24FN3O. The summed E-state index contributed by atoms with van der Waals surface area (Å²) in [6.07, 6.45) is 4.82. The molecule has 124 valence electrons. The molecule has 1 aliphatic rings. The number of halogens is 1. The fourth-order valence-corrected chi connectivity index (χ4v) is 3.45. The Morgan fingerprint density at radius 3 is 2.78 bits per heavy atom. The molecule has 1 unspecified atom stereocenters. The predicted octanol–water partition coefficient (Wildman–Crippen LogP) is 2.83. The van der Waals surface area contributed by atoms with Crippen LogP contribution in [0.3, 0.4) is 0 Å². The van der Waals surface area contributed by atoms with Gasteiger partial charge in [0.15, 0.2) is 0 Å². The van der Waals surface area contributed by atoms with Gasteiger partial charge in [-0.25, -0.2) is 9.37 Å². The van der Waals surface area contributed by atoms with Gasteiger partial charge in [0, 0.05) is 37.5 Å². The van der Waals surface area contributed by atoms with Crippen LogP contribution in [0.25, 0.3) is 0 Å². The minimum atomic E-state index is -0.193. The van der Waals surface area contributed by atoms with Crippen LogP contribution >= 0.6 is 0 Å². The van der Waals surface area contributed by atoms with Gasteiger partial charge in [-0.1, -0.05) is 12.1 Å². The molecule has 2 aromatic rings. The molecule has 1 saturated heterocycles. The van der Waals surface area contributed by atoms with Gasteiger partial charge in [0.25, 0.3) is 0 Å². The molecule has 23 heavy (non-hydrogen) atoms. The van der Waals surface area contributed by atoms with E-state index < -0.39 is 0 Å². The first-order chi connectivity index (χ1) is 11.1. The Kier molecular flexibility index (Phi) is 4.78. The normalized spacial score (nSPS) is 21.2. The third-order valence-corrected chi connectivity index (χ3v) is 4.69. The van der Waals surface area contributed by atoms with Crippen molar-refractivity contribution >= 4 is 0 Å². The zero-order chi connectivity index (χ0) is 16.3. The monoisotopic (exact) mass is 317 g/mol. The lowest BCUT2D eigenvalue weighted by Gasteiger charge is -2.32. The number of aryl methyl sites for hydroxylation is 1. The van der Waals surface area contributed by atoms with E-state index in [0.717, 1.165) is 44.0 Å². The van der Waals surface area contributed by atoms with Crippen LogP contribution in [0.4, 0.5) is 4.39 Å². The van der Waals surface area contributed by atoms with Crippen LogP contribution in [0.5, 0.6) is 0 Å². The molecule has 0 saturated carbocycles. The summed E-state index contributed by atoms with van der Waals surface area (Å²) in [5, 5.41) is 0. The van der Waals surface area contributed by atoms with Crippen molar-refractivity contribution < 1.29 is 9.13 Å². The number of aromatic nitrogens is 2. The van der Waals surface area contributed by atoms with Crippen LogP contribution in [0.1, 0.15) is 24.7 Å². The van der Waals surface area contributed by atoms with Crippen LogP contribution in [0.15, 0.2) is 36.7 Å². The standard InChI is InChI=1S/C18H24FN3O/c1-3-22-10-9-20-17(22)12-21(2)13-18(8-11-23-14-18)15-4-6-16(19)7-5-15/h4-7,9-10H,3,8,11-14H2,1-2H3. The van der Waals surface area contributed by atoms with E-state index in [0.29, 0.717) is 6.61 Å². The molecule has 5 heteroatoms. The molecule has 0 N–H and O–H groups in total. The van der Waals surface area contributed by atoms with Crippen molar-refractivity contribution in [3.63, 3.8) is 0 Å². The van der Waals surface area contributed by atoms with Gasteiger partial charge in [-0.3, -0.25) is 4.90 Å². The quantitative estimate of drug-likeness (QED) is 0.821. The molecular weight excluding hydrogens is 293 g/mol. The number of imidazole rings is 1. The zero-order valence-corrected chi connectivity index (χ0v) is 13.8. The Bertz CT molecular complexity index is 632. The smallest absolute Gasteiger partial charge is 0.123 e. The maximum absolute atomic E-state index is 13.2. The minimum Gasteiger partial charge on any atom is -0.380 e. The largest absolute Gasteiger partial charge is 0.380 e. The van der Waals surface area contributed by atoms with E-state index in [-0.39, 0.29) is 11.2 Å². The maximum atomic E-state index is 13.2. The lowest BCUT2D eigenvalue weighted by molar-refractivity contribution is 0.156. The highest BCUT2D eigenvalue weighted by molar-refractivity contribution is 5.28. The van der Waals surface area contributed by atoms with Gasteiger partial charge in [0.05, 0.1) is 13.2 Å². The number of benzene rings is 1. The highest BCUT2D eigenvalue weighted by atomic mass is 19.1. The second-order valence-corrected chi connectivity index (χ2v) is 6.39. The van der Waals surface area contributed by atoms with Crippen molar-refractivity contribution in [3.05, 3.63) is 53.9 Å². The molecule has 2 heterocycles. The van der Waals surface area contributed by atoms with Gasteiger partial charge in [-0.05, 0) is 38.1 Å². The Morgan fingerprint density at radius 1 is 1.35 bits per heavy atom. The first kappa shape index (κ1) is 16.1. The van der Waals surface area contributed by atoms with Gasteiger partial charge < -0.3 is 9.30 Å². The molecule has 0 amide bonds. The summed E-state index contributed by atoms with van der Waals surface area (Å²) in [6.45, 7) is 6.16. The molecule has 4 nitrogen and oxygen atoms in total. The van der Waals surface area contributed by atoms with E-state index in [9.17, 15) is 4.39 Å². The summed E-state index contributed by atoms with van der Waals surface area (Å²) < 4.78 is 21.1. The molecule has 0 bridgehead atoms. The van der Waals surface area contributed by atoms with E-state index in [1.54, 1.807) is 12.1 Å². The van der Waals surface area contributed by atoms with E-state index in [4.69, 9.17) is 4.74 Å². The van der Waals surface area contributed by atoms with E-state index >= 15 is 0 Å². The second-order valence-electron chi connectivity index (χ2n) is 6.39. The maximum Gasteiger partial charge on any atom is 0.123 e. The molecule has 0 radical (unpaired) electrons. The van der Waals surface area contributed by atoms with E-state index in [1.807, 2.05) is 24.5 Å². The van der Waals surface area contributed by atoms with Crippen molar-refractivity contribution in [3.8, 4) is 0 Å². The van der Waals surface area contributed by atoms with Crippen molar-refractivity contribution in [2.45, 2.75) is 31.8 Å². The van der Waals surface area contributed by atoms with E-state index in [2.05, 4.69) is 28.4 Å². The number of hydrogen-bond donors (Lipinski definition) is 0. The summed E-state index contributed by atoms with van der Waals surface area (Å²) >= 11 is 0. The SMILES string of the molecule is CCn1ccnc1CN(C)CC1(c2ccc(F)cc2)CCOC1. The summed E-state index contributed by atoms with van der Waals surface area (Å²) in [5.41, 5.74) is 1.09. The van der Waals surface area contributed by atoms with E-state index in [1.165, 1.54) is 0 Å². The third-order valence-electron chi connectivity index (χ3n) is 4.69. The molecule has 1 atom stereocenters. The van der Waals surface area contributed by atoms with Gasteiger partial charge >= 0.3 is 0 Å². The van der Waals surface area contributed by atoms with Crippen LogP contribution in [0.2, 0.25) is 0 Å². The Balaban J connectivity index is 1.75. The van der Waals surface area contributed by atoms with Crippen molar-refractivity contribution in [1.82, 2.24) is 14.5 Å². The number of hydrogen-bond acceptors (Lipinski definition) is 3. The molecule has 0 aliphatic carbocycles. The number of nitrogens with zero attached hydrogens (tertiary/aromatic N) is 3. The second kappa shape index (κ2) is 6.81. The molecule has 3 rings (SSSR count). The average Bonchev–Trinajstić information content (AvgIpc) is 3.17. The molecule has 1 aromatic carbocycles. The first-order valence-corrected chi connectivity index (χ1v) is 8.15. The number of likely N-dealkylation sites (N-methyl/N-ethyl adjacent to an activating group) is 1. The van der Waals surface area contributed by atoms with Crippen LogP contribution in [0, 0.1) is 5.82 Å². The number of rotatable bonds is 6. The van der Waals surface area contributed by atoms with Crippen molar-refractivity contribution in [2.24, 2.45) is 0 Å². The molecule has 1 aliphatic heterocycles. The first-order valence-electron chi connectivity index (χ1n) is 8.15. The van der Waals surface area contributed by atoms with Gasteiger partial charge in [0.1, 0.15) is 11.6 Å². The highest BCUT2D eigenvalue weighted by Crippen LogP contribution is 2.34. The topological polar surface area (TPSA) is 30.3 Å². The Labute approximate surface area is 136 Å². The van der Waals surface area contributed by atoms with Gasteiger partial charge in [0.2, 0.25) is 0 Å².